The van der Waals surface area contributed by atoms with Crippen molar-refractivity contribution in [1.82, 2.24) is 10.2 Å². The maximum Gasteiger partial charge on any atom is 0.317 e. The number of carboxylic acids is 1. The van der Waals surface area contributed by atoms with Gasteiger partial charge in [0.25, 0.3) is 0 Å². The molecule has 1 aliphatic rings. The highest BCUT2D eigenvalue weighted by Crippen LogP contribution is 2.21. The number of piperidine rings is 1. The molecular weight excluding hydrogens is 264 g/mol. The molecule has 2 amide bonds. The normalized spacial score (nSPS) is 18.1. The Labute approximate surface area is 119 Å². The third-order valence-corrected chi connectivity index (χ3v) is 4.58. The maximum absolute atomic E-state index is 11.9. The average Bonchev–Trinajstić information content (AvgIpc) is 2.42. The van der Waals surface area contributed by atoms with Crippen molar-refractivity contribution in [3.8, 4) is 0 Å². The molecule has 1 saturated heterocycles. The smallest absolute Gasteiger partial charge is 0.317 e. The average molecular weight is 288 g/mol. The van der Waals surface area contributed by atoms with Crippen LogP contribution < -0.4 is 5.32 Å². The quantitative estimate of drug-likeness (QED) is 0.784. The molecule has 0 saturated carbocycles. The fourth-order valence-electron chi connectivity index (χ4n) is 2.18. The molecule has 6 heteroatoms. The van der Waals surface area contributed by atoms with Crippen molar-refractivity contribution in [3.63, 3.8) is 0 Å². The van der Waals surface area contributed by atoms with E-state index in [9.17, 15) is 9.59 Å². The Morgan fingerprint density at radius 1 is 1.42 bits per heavy atom. The highest BCUT2D eigenvalue weighted by molar-refractivity contribution is 7.99. The number of amides is 2. The molecule has 1 atom stereocenters. The largest absolute Gasteiger partial charge is 0.481 e. The first kappa shape index (κ1) is 16.1. The minimum absolute atomic E-state index is 0.0117. The number of carboxylic acid groups (broad SMARTS) is 1. The van der Waals surface area contributed by atoms with E-state index in [-0.39, 0.29) is 12.5 Å². The second-order valence-electron chi connectivity index (χ2n) is 5.10. The predicted octanol–water partition coefficient (Wildman–Crippen LogP) is 2.02. The number of likely N-dealkylation sites (tertiary alicyclic amines) is 1. The van der Waals surface area contributed by atoms with Gasteiger partial charge in [0, 0.05) is 31.3 Å². The number of hydrogen-bond donors (Lipinski definition) is 2. The first-order valence-electron chi connectivity index (χ1n) is 6.80. The molecule has 1 heterocycles. The fourth-order valence-corrected chi connectivity index (χ4v) is 2.43. The van der Waals surface area contributed by atoms with Crippen LogP contribution in [0.3, 0.4) is 0 Å². The molecule has 0 aromatic rings. The predicted molar refractivity (Wildman–Crippen MR) is 77.5 cm³/mol. The van der Waals surface area contributed by atoms with Gasteiger partial charge >= 0.3 is 12.0 Å². The minimum Gasteiger partial charge on any atom is -0.481 e. The summed E-state index contributed by atoms with van der Waals surface area (Å²) in [6, 6.07) is 0.0117. The van der Waals surface area contributed by atoms with Crippen molar-refractivity contribution < 1.29 is 14.7 Å². The number of carbonyl (C=O) groups excluding carboxylic acids is 1. The number of carbonyl (C=O) groups is 2. The van der Waals surface area contributed by atoms with E-state index in [1.165, 1.54) is 0 Å². The van der Waals surface area contributed by atoms with Crippen LogP contribution in [0, 0.1) is 5.92 Å². The van der Waals surface area contributed by atoms with E-state index in [0.29, 0.717) is 17.7 Å². The topological polar surface area (TPSA) is 69.6 Å². The first-order chi connectivity index (χ1) is 9.02. The number of thioether (sulfide) groups is 1. The zero-order chi connectivity index (χ0) is 14.3. The first-order valence-corrected chi connectivity index (χ1v) is 8.09. The Morgan fingerprint density at radius 2 is 2.05 bits per heavy atom. The van der Waals surface area contributed by atoms with Crippen LogP contribution in [0.25, 0.3) is 0 Å². The maximum atomic E-state index is 11.9. The Bertz CT molecular complexity index is 304. The van der Waals surface area contributed by atoms with Gasteiger partial charge in [-0.05, 0) is 31.4 Å². The number of urea groups is 1. The van der Waals surface area contributed by atoms with E-state index >= 15 is 0 Å². The molecule has 1 unspecified atom stereocenters. The van der Waals surface area contributed by atoms with Gasteiger partial charge < -0.3 is 15.3 Å². The summed E-state index contributed by atoms with van der Waals surface area (Å²) < 4.78 is 0. The van der Waals surface area contributed by atoms with Gasteiger partial charge in [0.1, 0.15) is 0 Å². The Kier molecular flexibility index (Phi) is 7.05. The van der Waals surface area contributed by atoms with E-state index < -0.39 is 5.97 Å². The zero-order valence-electron chi connectivity index (χ0n) is 11.7. The highest BCUT2D eigenvalue weighted by Gasteiger charge is 2.23. The molecule has 1 aliphatic heterocycles. The molecule has 0 aromatic carbocycles. The summed E-state index contributed by atoms with van der Waals surface area (Å²) in [6.07, 6.45) is 4.83. The van der Waals surface area contributed by atoms with Crippen molar-refractivity contribution in [2.45, 2.75) is 37.9 Å². The number of hydrogen-bond acceptors (Lipinski definition) is 3. The van der Waals surface area contributed by atoms with Crippen molar-refractivity contribution in [2.24, 2.45) is 5.92 Å². The van der Waals surface area contributed by atoms with Crippen LogP contribution in [0.15, 0.2) is 0 Å². The van der Waals surface area contributed by atoms with Gasteiger partial charge in [0.2, 0.25) is 0 Å². The van der Waals surface area contributed by atoms with Crippen molar-refractivity contribution >= 4 is 23.8 Å². The van der Waals surface area contributed by atoms with Crippen LogP contribution in [0.1, 0.15) is 32.6 Å². The van der Waals surface area contributed by atoms with E-state index in [2.05, 4.69) is 12.2 Å². The lowest BCUT2D eigenvalue weighted by Crippen LogP contribution is -2.45. The Hall–Kier alpha value is -0.910. The lowest BCUT2D eigenvalue weighted by Gasteiger charge is -2.32. The lowest BCUT2D eigenvalue weighted by molar-refractivity contribution is -0.137. The van der Waals surface area contributed by atoms with Crippen LogP contribution in [0.2, 0.25) is 0 Å². The van der Waals surface area contributed by atoms with Gasteiger partial charge in [-0.1, -0.05) is 6.92 Å². The molecule has 1 rings (SSSR count). The molecule has 5 nitrogen and oxygen atoms in total. The van der Waals surface area contributed by atoms with Gasteiger partial charge in [-0.25, -0.2) is 4.79 Å². The number of nitrogens with one attached hydrogen (secondary N) is 1. The van der Waals surface area contributed by atoms with E-state index in [1.54, 1.807) is 11.8 Å². The lowest BCUT2D eigenvalue weighted by atomic mass is 9.92. The summed E-state index contributed by atoms with van der Waals surface area (Å²) in [7, 11) is 0. The van der Waals surface area contributed by atoms with Crippen molar-refractivity contribution in [1.29, 1.82) is 0 Å². The third-order valence-electron chi connectivity index (χ3n) is 3.61. The highest BCUT2D eigenvalue weighted by atomic mass is 32.2. The minimum atomic E-state index is -0.730. The van der Waals surface area contributed by atoms with E-state index in [1.807, 2.05) is 11.2 Å². The molecule has 0 aromatic heterocycles. The van der Waals surface area contributed by atoms with Gasteiger partial charge in [-0.3, -0.25) is 4.79 Å². The molecule has 2 N–H and O–H groups in total. The molecule has 110 valence electrons. The van der Waals surface area contributed by atoms with Gasteiger partial charge in [-0.15, -0.1) is 0 Å². The molecule has 19 heavy (non-hydrogen) atoms. The van der Waals surface area contributed by atoms with Gasteiger partial charge in [0.05, 0.1) is 0 Å². The third kappa shape index (κ3) is 6.18. The van der Waals surface area contributed by atoms with Crippen molar-refractivity contribution in [3.05, 3.63) is 0 Å². The molecule has 0 aliphatic carbocycles. The van der Waals surface area contributed by atoms with Gasteiger partial charge in [-0.2, -0.15) is 11.8 Å². The van der Waals surface area contributed by atoms with Crippen LogP contribution in [0.5, 0.6) is 0 Å². The Morgan fingerprint density at radius 3 is 2.58 bits per heavy atom. The number of rotatable bonds is 6. The van der Waals surface area contributed by atoms with Crippen LogP contribution in [0.4, 0.5) is 4.79 Å². The summed E-state index contributed by atoms with van der Waals surface area (Å²) >= 11 is 1.73. The molecule has 0 bridgehead atoms. The summed E-state index contributed by atoms with van der Waals surface area (Å²) in [5, 5.41) is 12.0. The van der Waals surface area contributed by atoms with E-state index in [0.717, 1.165) is 32.4 Å². The summed E-state index contributed by atoms with van der Waals surface area (Å²) in [5.74, 6) is -0.281. The molecular formula is C13H24N2O3S. The standard InChI is InChI=1S/C13H24N2O3S/c1-10(19-2)9-14-13(18)15-7-5-11(6-8-15)3-4-12(16)17/h10-11H,3-9H2,1-2H3,(H,14,18)(H,16,17). The van der Waals surface area contributed by atoms with Gasteiger partial charge in [0.15, 0.2) is 0 Å². The molecule has 0 spiro atoms. The monoisotopic (exact) mass is 288 g/mol. The SMILES string of the molecule is CSC(C)CNC(=O)N1CCC(CCC(=O)O)CC1. The summed E-state index contributed by atoms with van der Waals surface area (Å²) in [4.78, 5) is 24.3. The number of nitrogens with zero attached hydrogens (tertiary/aromatic N) is 1. The van der Waals surface area contributed by atoms with Crippen LogP contribution >= 0.6 is 11.8 Å². The second kappa shape index (κ2) is 8.30. The van der Waals surface area contributed by atoms with Crippen LogP contribution in [-0.4, -0.2) is 53.1 Å². The number of aliphatic carboxylic acids is 1. The fraction of sp³-hybridized carbons (Fsp3) is 0.846. The second-order valence-corrected chi connectivity index (χ2v) is 6.37. The van der Waals surface area contributed by atoms with Crippen molar-refractivity contribution in [2.75, 3.05) is 25.9 Å². The molecule has 0 radical (unpaired) electrons. The van der Waals surface area contributed by atoms with E-state index in [4.69, 9.17) is 5.11 Å². The zero-order valence-corrected chi connectivity index (χ0v) is 12.5. The summed E-state index contributed by atoms with van der Waals surface area (Å²) in [5.41, 5.74) is 0. The summed E-state index contributed by atoms with van der Waals surface area (Å²) in [6.45, 7) is 4.26. The Balaban J connectivity index is 2.21. The molecule has 1 fully saturated rings. The van der Waals surface area contributed by atoms with Crippen LogP contribution in [-0.2, 0) is 4.79 Å².